The van der Waals surface area contributed by atoms with Gasteiger partial charge in [0.05, 0.1) is 17.8 Å². The Morgan fingerprint density at radius 2 is 1.46 bits per heavy atom. The third-order valence-electron chi connectivity index (χ3n) is 7.83. The molecule has 222 valence electrons. The minimum absolute atomic E-state index is 0.0407. The Balaban J connectivity index is 1.85. The molecule has 0 aliphatic carbocycles. The first-order valence-electron chi connectivity index (χ1n) is 14.8. The molecule has 0 aliphatic heterocycles. The number of hydrogen-bond acceptors (Lipinski definition) is 4. The lowest BCUT2D eigenvalue weighted by atomic mass is 9.90. The van der Waals surface area contributed by atoms with Gasteiger partial charge in [-0.15, -0.1) is 0 Å². The smallest absolute Gasteiger partial charge is 0.407 e. The molecule has 1 N–H and O–H groups in total. The first kappa shape index (κ1) is 32.6. The fourth-order valence-corrected chi connectivity index (χ4v) is 6.05. The van der Waals surface area contributed by atoms with Gasteiger partial charge in [0.1, 0.15) is 5.60 Å². The van der Waals surface area contributed by atoms with Crippen molar-refractivity contribution in [1.29, 1.82) is 0 Å². The SMILES string of the molecule is CC(Cc1ccc(-c2ccccn2)cc1)C[C@@H](O[Si](C)(C)C(C)(C)C)[C@H](Cc1ccccc1)NC(=O)OC(C)(C)C. The highest BCUT2D eigenvalue weighted by molar-refractivity contribution is 6.74. The van der Waals surface area contributed by atoms with Crippen molar-refractivity contribution >= 4 is 14.4 Å². The second kappa shape index (κ2) is 13.8. The standard InChI is InChI=1S/C35H50N2O3Si/c1-26(23-28-18-20-29(21-19-28)30-17-13-14-22-36-30)24-32(40-41(8,9)35(5,6)7)31(25-27-15-11-10-12-16-27)37-33(38)39-34(2,3)4/h10-22,26,31-32H,23-25H2,1-9H3,(H,37,38)/t26?,31-,32+/m0/s1. The van der Waals surface area contributed by atoms with Crippen LogP contribution in [-0.4, -0.2) is 37.1 Å². The molecule has 0 radical (unpaired) electrons. The molecular formula is C35H50N2O3Si. The van der Waals surface area contributed by atoms with Gasteiger partial charge in [-0.3, -0.25) is 4.98 Å². The van der Waals surface area contributed by atoms with Crippen LogP contribution in [0.4, 0.5) is 4.79 Å². The molecule has 3 atom stereocenters. The Morgan fingerprint density at radius 3 is 2.02 bits per heavy atom. The number of rotatable bonds is 11. The van der Waals surface area contributed by atoms with Crippen molar-refractivity contribution < 1.29 is 14.0 Å². The predicted octanol–water partition coefficient (Wildman–Crippen LogP) is 8.84. The Hall–Kier alpha value is -2.96. The van der Waals surface area contributed by atoms with Gasteiger partial charge >= 0.3 is 6.09 Å². The third-order valence-corrected chi connectivity index (χ3v) is 12.3. The van der Waals surface area contributed by atoms with E-state index in [1.807, 2.05) is 63.4 Å². The van der Waals surface area contributed by atoms with Crippen LogP contribution in [0.3, 0.4) is 0 Å². The summed E-state index contributed by atoms with van der Waals surface area (Å²) in [6.07, 6.45) is 3.67. The van der Waals surface area contributed by atoms with Gasteiger partial charge in [0, 0.05) is 11.8 Å². The molecular weight excluding hydrogens is 524 g/mol. The van der Waals surface area contributed by atoms with E-state index in [0.717, 1.165) is 29.7 Å². The van der Waals surface area contributed by atoms with Crippen molar-refractivity contribution in [2.24, 2.45) is 5.92 Å². The molecule has 0 spiro atoms. The zero-order valence-electron chi connectivity index (χ0n) is 26.5. The number of ether oxygens (including phenoxy) is 1. The second-order valence-corrected chi connectivity index (χ2v) is 18.6. The average molecular weight is 575 g/mol. The average Bonchev–Trinajstić information content (AvgIpc) is 2.87. The monoisotopic (exact) mass is 574 g/mol. The van der Waals surface area contributed by atoms with Crippen molar-refractivity contribution in [3.8, 4) is 11.3 Å². The Bertz CT molecular complexity index is 1220. The molecule has 5 nitrogen and oxygen atoms in total. The highest BCUT2D eigenvalue weighted by Crippen LogP contribution is 2.39. The van der Waals surface area contributed by atoms with E-state index in [0.29, 0.717) is 12.3 Å². The second-order valence-electron chi connectivity index (χ2n) is 13.8. The van der Waals surface area contributed by atoms with Gasteiger partial charge in [0.2, 0.25) is 0 Å². The van der Waals surface area contributed by atoms with Crippen LogP contribution < -0.4 is 5.32 Å². The number of benzene rings is 2. The molecule has 0 saturated carbocycles. The van der Waals surface area contributed by atoms with Crippen LogP contribution in [0.25, 0.3) is 11.3 Å². The lowest BCUT2D eigenvalue weighted by Gasteiger charge is -2.42. The molecule has 2 aromatic carbocycles. The van der Waals surface area contributed by atoms with E-state index >= 15 is 0 Å². The van der Waals surface area contributed by atoms with E-state index in [2.05, 4.69) is 87.5 Å². The molecule has 0 saturated heterocycles. The molecule has 3 aromatic rings. The van der Waals surface area contributed by atoms with Gasteiger partial charge in [0.25, 0.3) is 0 Å². The van der Waals surface area contributed by atoms with E-state index in [1.165, 1.54) is 5.56 Å². The summed E-state index contributed by atoms with van der Waals surface area (Å²) in [6.45, 7) is 19.3. The van der Waals surface area contributed by atoms with Gasteiger partial charge in [-0.1, -0.05) is 88.4 Å². The molecule has 41 heavy (non-hydrogen) atoms. The number of amides is 1. The van der Waals surface area contributed by atoms with Gasteiger partial charge in [-0.2, -0.15) is 0 Å². The van der Waals surface area contributed by atoms with Crippen molar-refractivity contribution in [2.45, 2.75) is 104 Å². The van der Waals surface area contributed by atoms with Crippen LogP contribution in [0.5, 0.6) is 0 Å². The Labute approximate surface area is 249 Å². The number of alkyl carbamates (subject to hydrolysis) is 1. The van der Waals surface area contributed by atoms with Crippen molar-refractivity contribution in [1.82, 2.24) is 10.3 Å². The highest BCUT2D eigenvalue weighted by atomic mass is 28.4. The van der Waals surface area contributed by atoms with Crippen LogP contribution in [-0.2, 0) is 22.0 Å². The minimum atomic E-state index is -2.15. The maximum absolute atomic E-state index is 13.1. The lowest BCUT2D eigenvalue weighted by molar-refractivity contribution is 0.0411. The summed E-state index contributed by atoms with van der Waals surface area (Å²) in [5.74, 6) is 0.337. The first-order valence-corrected chi connectivity index (χ1v) is 17.8. The molecule has 1 aromatic heterocycles. The van der Waals surface area contributed by atoms with E-state index in [4.69, 9.17) is 9.16 Å². The summed E-state index contributed by atoms with van der Waals surface area (Å²) in [7, 11) is -2.15. The predicted molar refractivity (Wildman–Crippen MR) is 173 cm³/mol. The number of hydrogen-bond donors (Lipinski definition) is 1. The number of pyridine rings is 1. The van der Waals surface area contributed by atoms with Gasteiger partial charge in [-0.05, 0) is 87.3 Å². The summed E-state index contributed by atoms with van der Waals surface area (Å²) >= 11 is 0. The van der Waals surface area contributed by atoms with Crippen molar-refractivity contribution in [3.05, 3.63) is 90.1 Å². The maximum Gasteiger partial charge on any atom is 0.407 e. The van der Waals surface area contributed by atoms with Crippen LogP contribution >= 0.6 is 0 Å². The molecule has 0 fully saturated rings. The maximum atomic E-state index is 13.1. The van der Waals surface area contributed by atoms with E-state index in [-0.39, 0.29) is 17.2 Å². The summed E-state index contributed by atoms with van der Waals surface area (Å²) in [4.78, 5) is 17.5. The zero-order chi connectivity index (χ0) is 30.3. The van der Waals surface area contributed by atoms with Crippen LogP contribution in [0.1, 0.15) is 66.0 Å². The number of nitrogens with one attached hydrogen (secondary N) is 1. The molecule has 0 aliphatic rings. The van der Waals surface area contributed by atoms with Gasteiger partial charge < -0.3 is 14.5 Å². The molecule has 6 heteroatoms. The molecule has 1 unspecified atom stereocenters. The number of nitrogens with zero attached hydrogens (tertiary/aromatic N) is 1. The fraction of sp³-hybridized carbons (Fsp3) is 0.486. The topological polar surface area (TPSA) is 60.5 Å². The van der Waals surface area contributed by atoms with Gasteiger partial charge in [0.15, 0.2) is 8.32 Å². The van der Waals surface area contributed by atoms with E-state index < -0.39 is 20.0 Å². The number of aromatic nitrogens is 1. The molecule has 1 heterocycles. The van der Waals surface area contributed by atoms with Crippen LogP contribution in [0, 0.1) is 5.92 Å². The van der Waals surface area contributed by atoms with Crippen molar-refractivity contribution in [3.63, 3.8) is 0 Å². The zero-order valence-corrected chi connectivity index (χ0v) is 27.5. The first-order chi connectivity index (χ1) is 19.1. The molecule has 1 amide bonds. The van der Waals surface area contributed by atoms with Crippen LogP contribution in [0.15, 0.2) is 79.0 Å². The fourth-order valence-electron chi connectivity index (χ4n) is 4.68. The molecule has 0 bridgehead atoms. The largest absolute Gasteiger partial charge is 0.444 e. The van der Waals surface area contributed by atoms with Crippen molar-refractivity contribution in [2.75, 3.05) is 0 Å². The minimum Gasteiger partial charge on any atom is -0.444 e. The third kappa shape index (κ3) is 10.4. The quantitative estimate of drug-likeness (QED) is 0.232. The van der Waals surface area contributed by atoms with Crippen LogP contribution in [0.2, 0.25) is 18.1 Å². The Kier molecular flexibility index (Phi) is 11.0. The summed E-state index contributed by atoms with van der Waals surface area (Å²) in [5.41, 5.74) is 3.96. The number of carbonyl (C=O) groups excluding carboxylic acids is 1. The highest BCUT2D eigenvalue weighted by Gasteiger charge is 2.41. The van der Waals surface area contributed by atoms with E-state index in [1.54, 1.807) is 0 Å². The lowest BCUT2D eigenvalue weighted by Crippen LogP contribution is -2.53. The van der Waals surface area contributed by atoms with Gasteiger partial charge in [-0.25, -0.2) is 4.79 Å². The Morgan fingerprint density at radius 1 is 0.854 bits per heavy atom. The normalized spacial score (nSPS) is 14.7. The van der Waals surface area contributed by atoms with E-state index in [9.17, 15) is 4.79 Å². The number of carbonyl (C=O) groups is 1. The summed E-state index contributed by atoms with van der Waals surface area (Å²) in [5, 5.41) is 3.26. The summed E-state index contributed by atoms with van der Waals surface area (Å²) in [6, 6.07) is 24.8. The molecule has 3 rings (SSSR count). The summed E-state index contributed by atoms with van der Waals surface area (Å²) < 4.78 is 12.8.